The van der Waals surface area contributed by atoms with Crippen molar-refractivity contribution in [2.75, 3.05) is 12.4 Å². The third-order valence-corrected chi connectivity index (χ3v) is 7.46. The van der Waals surface area contributed by atoms with E-state index >= 15 is 0 Å². The number of carboxylic acids is 1. The van der Waals surface area contributed by atoms with Crippen molar-refractivity contribution in [1.29, 1.82) is 0 Å². The summed E-state index contributed by atoms with van der Waals surface area (Å²) in [5, 5.41) is 17.2. The van der Waals surface area contributed by atoms with E-state index in [1.807, 2.05) is 6.07 Å². The molecule has 2 bridgehead atoms. The maximum Gasteiger partial charge on any atom is 0.308 e. The highest BCUT2D eigenvalue weighted by molar-refractivity contribution is 6.45. The van der Waals surface area contributed by atoms with Gasteiger partial charge >= 0.3 is 5.97 Å². The monoisotopic (exact) mass is 463 g/mol. The fraction of sp³-hybridized carbons (Fsp3) is 0.522. The van der Waals surface area contributed by atoms with Crippen molar-refractivity contribution in [3.8, 4) is 0 Å². The Morgan fingerprint density at radius 2 is 1.87 bits per heavy atom. The number of hydrogen-bond acceptors (Lipinski definition) is 4. The summed E-state index contributed by atoms with van der Waals surface area (Å²) in [5.74, 6) is -1.22. The van der Waals surface area contributed by atoms with Gasteiger partial charge in [-0.3, -0.25) is 14.6 Å². The minimum absolute atomic E-state index is 0.160. The Morgan fingerprint density at radius 1 is 1.13 bits per heavy atom. The first-order valence-corrected chi connectivity index (χ1v) is 11.6. The van der Waals surface area contributed by atoms with Gasteiger partial charge in [-0.1, -0.05) is 23.2 Å². The number of halogens is 2. The fourth-order valence-electron chi connectivity index (χ4n) is 5.51. The van der Waals surface area contributed by atoms with Gasteiger partial charge in [0.1, 0.15) is 5.71 Å². The van der Waals surface area contributed by atoms with Crippen molar-refractivity contribution in [2.45, 2.75) is 51.0 Å². The molecule has 3 N–H and O–H groups in total. The molecule has 2 saturated carbocycles. The number of carboxylic acid groups (broad SMARTS) is 1. The Kier molecular flexibility index (Phi) is 6.58. The Balaban J connectivity index is 1.57. The average molecular weight is 464 g/mol. The first-order valence-electron chi connectivity index (χ1n) is 10.8. The Bertz CT molecular complexity index is 959. The molecule has 6 nitrogen and oxygen atoms in total. The molecule has 3 aliphatic rings. The highest BCUT2D eigenvalue weighted by Gasteiger charge is 2.51. The molecule has 0 saturated heterocycles. The van der Waals surface area contributed by atoms with E-state index in [0.717, 1.165) is 61.9 Å². The topological polar surface area (TPSA) is 90.8 Å². The molecule has 3 aliphatic carbocycles. The number of carbonyl (C=O) groups excluding carboxylic acids is 1. The molecule has 4 atom stereocenters. The summed E-state index contributed by atoms with van der Waals surface area (Å²) >= 11 is 12.3. The SMILES string of the molecule is CN=C(C(=O)N[C@@H]1C2CCC(C2)[C@@H]1C(=O)O)C1=C(Nc2ccc(Cl)cc2Cl)CCCC1. The number of fused-ring (bicyclic) bond motifs is 2. The second-order valence-electron chi connectivity index (χ2n) is 8.68. The lowest BCUT2D eigenvalue weighted by Gasteiger charge is -2.30. The van der Waals surface area contributed by atoms with E-state index in [2.05, 4.69) is 15.6 Å². The van der Waals surface area contributed by atoms with Gasteiger partial charge in [0.2, 0.25) is 0 Å². The molecule has 8 heteroatoms. The zero-order valence-electron chi connectivity index (χ0n) is 17.5. The lowest BCUT2D eigenvalue weighted by atomic mass is 9.84. The molecule has 2 fully saturated rings. The van der Waals surface area contributed by atoms with Crippen molar-refractivity contribution in [1.82, 2.24) is 5.32 Å². The number of carbonyl (C=O) groups is 2. The summed E-state index contributed by atoms with van der Waals surface area (Å²) in [6.07, 6.45) is 6.27. The van der Waals surface area contributed by atoms with Gasteiger partial charge in [-0.05, 0) is 75.0 Å². The summed E-state index contributed by atoms with van der Waals surface area (Å²) in [4.78, 5) is 29.4. The van der Waals surface area contributed by atoms with E-state index in [9.17, 15) is 14.7 Å². The van der Waals surface area contributed by atoms with Crippen LogP contribution in [0.15, 0.2) is 34.5 Å². The number of benzene rings is 1. The minimum atomic E-state index is -0.816. The molecule has 4 rings (SSSR count). The minimum Gasteiger partial charge on any atom is -0.481 e. The van der Waals surface area contributed by atoms with Crippen molar-refractivity contribution in [3.05, 3.63) is 39.5 Å². The quantitative estimate of drug-likeness (QED) is 0.522. The smallest absolute Gasteiger partial charge is 0.308 e. The van der Waals surface area contributed by atoms with E-state index in [1.54, 1.807) is 19.2 Å². The van der Waals surface area contributed by atoms with E-state index in [4.69, 9.17) is 23.2 Å². The molecule has 0 aliphatic heterocycles. The molecule has 0 radical (unpaired) electrons. The molecule has 1 amide bonds. The number of allylic oxidation sites excluding steroid dienone is 1. The van der Waals surface area contributed by atoms with Crippen LogP contribution in [0.3, 0.4) is 0 Å². The second-order valence-corrected chi connectivity index (χ2v) is 9.53. The van der Waals surface area contributed by atoms with Crippen LogP contribution in [0.25, 0.3) is 0 Å². The third kappa shape index (κ3) is 4.46. The number of rotatable bonds is 6. The average Bonchev–Trinajstić information content (AvgIpc) is 3.33. The lowest BCUT2D eigenvalue weighted by Crippen LogP contribution is -2.49. The standard InChI is InChI=1S/C23H27Cl2N3O3/c1-26-21(22(29)28-20-13-7-6-12(10-13)19(20)23(30)31)15-4-2-3-5-17(15)27-18-9-8-14(24)11-16(18)25/h8-9,11-13,19-20,27H,2-7,10H2,1H3,(H,28,29)(H,30,31)/t12?,13?,19-,20+/m0/s1. The number of amides is 1. The van der Waals surface area contributed by atoms with Gasteiger partial charge in [-0.2, -0.15) is 0 Å². The van der Waals surface area contributed by atoms with Crippen LogP contribution in [0.2, 0.25) is 10.0 Å². The van der Waals surface area contributed by atoms with Gasteiger partial charge < -0.3 is 15.7 Å². The van der Waals surface area contributed by atoms with Crippen LogP contribution in [-0.4, -0.2) is 35.8 Å². The molecular weight excluding hydrogens is 437 g/mol. The summed E-state index contributed by atoms with van der Waals surface area (Å²) in [7, 11) is 1.61. The number of hydrogen-bond donors (Lipinski definition) is 3. The molecule has 0 aromatic heterocycles. The number of aliphatic imine (C=N–C) groups is 1. The molecule has 2 unspecified atom stereocenters. The Hall–Kier alpha value is -2.05. The van der Waals surface area contributed by atoms with Crippen molar-refractivity contribution >= 4 is 46.5 Å². The van der Waals surface area contributed by atoms with E-state index in [1.165, 1.54) is 0 Å². The fourth-order valence-corrected chi connectivity index (χ4v) is 5.96. The van der Waals surface area contributed by atoms with Crippen molar-refractivity contribution in [3.63, 3.8) is 0 Å². The third-order valence-electron chi connectivity index (χ3n) is 6.91. The predicted octanol–water partition coefficient (Wildman–Crippen LogP) is 4.92. The first-order chi connectivity index (χ1) is 14.9. The second kappa shape index (κ2) is 9.21. The summed E-state index contributed by atoms with van der Waals surface area (Å²) in [5.41, 5.74) is 2.90. The van der Waals surface area contributed by atoms with Crippen LogP contribution in [0, 0.1) is 17.8 Å². The molecule has 31 heavy (non-hydrogen) atoms. The van der Waals surface area contributed by atoms with E-state index in [-0.39, 0.29) is 23.8 Å². The molecular formula is C23H27Cl2N3O3. The zero-order chi connectivity index (χ0) is 22.1. The number of nitrogens with zero attached hydrogens (tertiary/aromatic N) is 1. The Morgan fingerprint density at radius 3 is 2.58 bits per heavy atom. The van der Waals surface area contributed by atoms with Crippen LogP contribution in [0.1, 0.15) is 44.9 Å². The van der Waals surface area contributed by atoms with Crippen LogP contribution < -0.4 is 10.6 Å². The highest BCUT2D eigenvalue weighted by atomic mass is 35.5. The summed E-state index contributed by atoms with van der Waals surface area (Å²) < 4.78 is 0. The van der Waals surface area contributed by atoms with Crippen LogP contribution >= 0.6 is 23.2 Å². The largest absolute Gasteiger partial charge is 0.481 e. The van der Waals surface area contributed by atoms with E-state index in [0.29, 0.717) is 15.8 Å². The van der Waals surface area contributed by atoms with Crippen LogP contribution in [0.5, 0.6) is 0 Å². The molecule has 1 aromatic rings. The highest BCUT2D eigenvalue weighted by Crippen LogP contribution is 2.48. The summed E-state index contributed by atoms with van der Waals surface area (Å²) in [6.45, 7) is 0. The number of aliphatic carboxylic acids is 1. The van der Waals surface area contributed by atoms with E-state index < -0.39 is 11.9 Å². The number of nitrogens with one attached hydrogen (secondary N) is 2. The maximum absolute atomic E-state index is 13.2. The number of anilines is 1. The van der Waals surface area contributed by atoms with Gasteiger partial charge in [-0.25, -0.2) is 0 Å². The van der Waals surface area contributed by atoms with Gasteiger partial charge in [-0.15, -0.1) is 0 Å². The van der Waals surface area contributed by atoms with Gasteiger partial charge in [0, 0.05) is 29.4 Å². The predicted molar refractivity (Wildman–Crippen MR) is 123 cm³/mol. The van der Waals surface area contributed by atoms with Crippen molar-refractivity contribution < 1.29 is 14.7 Å². The first kappa shape index (κ1) is 22.2. The lowest BCUT2D eigenvalue weighted by molar-refractivity contribution is -0.144. The van der Waals surface area contributed by atoms with Crippen LogP contribution in [0.4, 0.5) is 5.69 Å². The van der Waals surface area contributed by atoms with Gasteiger partial charge in [0.25, 0.3) is 5.91 Å². The molecule has 0 heterocycles. The maximum atomic E-state index is 13.2. The molecule has 0 spiro atoms. The normalized spacial score (nSPS) is 28.0. The van der Waals surface area contributed by atoms with Gasteiger partial charge in [0.15, 0.2) is 0 Å². The van der Waals surface area contributed by atoms with Crippen LogP contribution in [-0.2, 0) is 9.59 Å². The summed E-state index contributed by atoms with van der Waals surface area (Å²) in [6, 6.07) is 4.94. The zero-order valence-corrected chi connectivity index (χ0v) is 19.0. The molecule has 1 aromatic carbocycles. The van der Waals surface area contributed by atoms with Gasteiger partial charge in [0.05, 0.1) is 16.6 Å². The Labute approximate surface area is 192 Å². The van der Waals surface area contributed by atoms with Crippen molar-refractivity contribution in [2.24, 2.45) is 22.7 Å². The molecule has 166 valence electrons.